The van der Waals surface area contributed by atoms with Crippen molar-refractivity contribution < 1.29 is 9.59 Å². The Morgan fingerprint density at radius 1 is 1.24 bits per heavy atom. The first kappa shape index (κ1) is 23.1. The van der Waals surface area contributed by atoms with E-state index in [-0.39, 0.29) is 23.3 Å². The number of aromatic nitrogens is 2. The smallest absolute Gasteiger partial charge is 0.262 e. The number of primary amides is 1. The molecule has 7 nitrogen and oxygen atoms in total. The third-order valence-corrected chi connectivity index (χ3v) is 8.93. The molecule has 34 heavy (non-hydrogen) atoms. The molecule has 2 amide bonds. The van der Waals surface area contributed by atoms with Crippen molar-refractivity contribution >= 4 is 50.8 Å². The van der Waals surface area contributed by atoms with Crippen LogP contribution in [0.4, 0.5) is 5.00 Å². The summed E-state index contributed by atoms with van der Waals surface area (Å²) in [6, 6.07) is 7.46. The van der Waals surface area contributed by atoms with E-state index in [1.165, 1.54) is 23.1 Å². The molecule has 0 bridgehead atoms. The number of carbonyl (C=O) groups excluding carboxylic acids is 2. The maximum Gasteiger partial charge on any atom is 0.262 e. The number of nitrogens with zero attached hydrogens (tertiary/aromatic N) is 2. The molecule has 3 N–H and O–H groups in total. The van der Waals surface area contributed by atoms with Crippen LogP contribution in [0.25, 0.3) is 10.9 Å². The number of hydrogen-bond acceptors (Lipinski definition) is 6. The lowest BCUT2D eigenvalue weighted by molar-refractivity contribution is -0.113. The lowest BCUT2D eigenvalue weighted by Gasteiger charge is -2.18. The predicted molar refractivity (Wildman–Crippen MR) is 137 cm³/mol. The Morgan fingerprint density at radius 3 is 2.76 bits per heavy atom. The van der Waals surface area contributed by atoms with Crippen LogP contribution in [0.1, 0.15) is 65.9 Å². The first-order valence-corrected chi connectivity index (χ1v) is 13.6. The Kier molecular flexibility index (Phi) is 6.48. The molecular weight excluding hydrogens is 468 g/mol. The molecule has 0 spiro atoms. The van der Waals surface area contributed by atoms with Crippen molar-refractivity contribution in [2.75, 3.05) is 11.1 Å². The van der Waals surface area contributed by atoms with Crippen molar-refractivity contribution in [1.29, 1.82) is 0 Å². The standard InChI is InChI=1S/C25H28N4O3S2/c1-14-10-11-17-19(12-14)34-23(21(17)22(26)31)28-20(30)13-33-25-27-18-9-5-4-8-16(18)24(32)29(25)15-6-2-3-7-15/h4-5,8-9,14-15H,2-3,6-7,10-13H2,1H3,(H2,26,31)(H,28,30)/t14-/m1/s1. The zero-order chi connectivity index (χ0) is 23.8. The van der Waals surface area contributed by atoms with Crippen LogP contribution in [0, 0.1) is 5.92 Å². The summed E-state index contributed by atoms with van der Waals surface area (Å²) in [5.41, 5.74) is 7.72. The van der Waals surface area contributed by atoms with Crippen LogP contribution in [-0.2, 0) is 17.6 Å². The van der Waals surface area contributed by atoms with Crippen LogP contribution in [-0.4, -0.2) is 27.1 Å². The third-order valence-electron chi connectivity index (χ3n) is 6.81. The molecule has 1 saturated carbocycles. The van der Waals surface area contributed by atoms with E-state index in [1.54, 1.807) is 4.57 Å². The normalized spacial score (nSPS) is 18.2. The van der Waals surface area contributed by atoms with Gasteiger partial charge in [0.1, 0.15) is 5.00 Å². The fourth-order valence-corrected chi connectivity index (χ4v) is 7.40. The summed E-state index contributed by atoms with van der Waals surface area (Å²) in [7, 11) is 0. The van der Waals surface area contributed by atoms with Gasteiger partial charge in [-0.25, -0.2) is 4.98 Å². The van der Waals surface area contributed by atoms with E-state index in [4.69, 9.17) is 10.7 Å². The highest BCUT2D eigenvalue weighted by Gasteiger charge is 2.28. The minimum atomic E-state index is -0.499. The molecule has 2 aliphatic rings. The number of thiophene rings is 1. The minimum absolute atomic E-state index is 0.0449. The van der Waals surface area contributed by atoms with Gasteiger partial charge in [0.15, 0.2) is 5.16 Å². The number of carbonyl (C=O) groups is 2. The Morgan fingerprint density at radius 2 is 2.00 bits per heavy atom. The molecule has 9 heteroatoms. The summed E-state index contributed by atoms with van der Waals surface area (Å²) in [6.07, 6.45) is 6.80. The second kappa shape index (κ2) is 9.54. The molecule has 0 unspecified atom stereocenters. The molecule has 2 aromatic heterocycles. The van der Waals surface area contributed by atoms with Crippen molar-refractivity contribution in [2.45, 2.75) is 63.1 Å². The number of nitrogens with one attached hydrogen (secondary N) is 1. The van der Waals surface area contributed by atoms with Gasteiger partial charge in [-0.2, -0.15) is 0 Å². The Hall–Kier alpha value is -2.65. The second-order valence-corrected chi connectivity index (χ2v) is 11.3. The van der Waals surface area contributed by atoms with Gasteiger partial charge in [0.05, 0.1) is 22.2 Å². The third kappa shape index (κ3) is 4.38. The van der Waals surface area contributed by atoms with Gasteiger partial charge in [0.2, 0.25) is 5.91 Å². The predicted octanol–water partition coefficient (Wildman–Crippen LogP) is 4.53. The number of hydrogen-bond donors (Lipinski definition) is 2. The fraction of sp³-hybridized carbons (Fsp3) is 0.440. The number of rotatable bonds is 6. The second-order valence-electron chi connectivity index (χ2n) is 9.28. The zero-order valence-corrected chi connectivity index (χ0v) is 20.8. The van der Waals surface area contributed by atoms with Gasteiger partial charge in [0, 0.05) is 10.9 Å². The Balaban J connectivity index is 1.39. The molecule has 0 aliphatic heterocycles. The molecule has 178 valence electrons. The van der Waals surface area contributed by atoms with Gasteiger partial charge >= 0.3 is 0 Å². The molecule has 1 fully saturated rings. The van der Waals surface area contributed by atoms with E-state index in [2.05, 4.69) is 12.2 Å². The highest BCUT2D eigenvalue weighted by Crippen LogP contribution is 2.39. The van der Waals surface area contributed by atoms with Crippen molar-refractivity contribution in [1.82, 2.24) is 9.55 Å². The van der Waals surface area contributed by atoms with Gasteiger partial charge in [-0.05, 0) is 55.7 Å². The van der Waals surface area contributed by atoms with Crippen LogP contribution in [0.15, 0.2) is 34.2 Å². The minimum Gasteiger partial charge on any atom is -0.365 e. The van der Waals surface area contributed by atoms with E-state index in [0.29, 0.717) is 32.5 Å². The lowest BCUT2D eigenvalue weighted by atomic mass is 9.88. The quantitative estimate of drug-likeness (QED) is 0.385. The summed E-state index contributed by atoms with van der Waals surface area (Å²) < 4.78 is 1.79. The van der Waals surface area contributed by atoms with Crippen LogP contribution in [0.3, 0.4) is 0 Å². The monoisotopic (exact) mass is 496 g/mol. The first-order chi connectivity index (χ1) is 16.4. The van der Waals surface area contributed by atoms with E-state index in [9.17, 15) is 14.4 Å². The average molecular weight is 497 g/mol. The number of fused-ring (bicyclic) bond motifs is 2. The molecule has 0 saturated heterocycles. The van der Waals surface area contributed by atoms with Gasteiger partial charge in [-0.3, -0.25) is 19.0 Å². The Bertz CT molecular complexity index is 1320. The highest BCUT2D eigenvalue weighted by molar-refractivity contribution is 7.99. The summed E-state index contributed by atoms with van der Waals surface area (Å²) in [5, 5.41) is 4.63. The Labute approximate surface area is 206 Å². The molecule has 5 rings (SSSR count). The van der Waals surface area contributed by atoms with Crippen LogP contribution in [0.2, 0.25) is 0 Å². The lowest BCUT2D eigenvalue weighted by Crippen LogP contribution is -2.27. The number of benzene rings is 1. The molecule has 2 heterocycles. The number of thioether (sulfide) groups is 1. The van der Waals surface area contributed by atoms with E-state index in [1.807, 2.05) is 24.3 Å². The van der Waals surface area contributed by atoms with Gasteiger partial charge in [-0.15, -0.1) is 11.3 Å². The summed E-state index contributed by atoms with van der Waals surface area (Å²) in [5.74, 6) is -0.0904. The molecule has 1 atom stereocenters. The molecule has 3 aromatic rings. The van der Waals surface area contributed by atoms with Gasteiger partial charge in [-0.1, -0.05) is 43.7 Å². The molecular formula is C25H28N4O3S2. The summed E-state index contributed by atoms with van der Waals surface area (Å²) in [4.78, 5) is 44.3. The van der Waals surface area contributed by atoms with Crippen molar-refractivity contribution in [3.05, 3.63) is 50.6 Å². The van der Waals surface area contributed by atoms with Crippen LogP contribution in [0.5, 0.6) is 0 Å². The zero-order valence-electron chi connectivity index (χ0n) is 19.1. The molecule has 2 aliphatic carbocycles. The maximum absolute atomic E-state index is 13.3. The number of amides is 2. The molecule has 1 aromatic carbocycles. The average Bonchev–Trinajstić information content (AvgIpc) is 3.45. The van der Waals surface area contributed by atoms with E-state index in [0.717, 1.165) is 55.4 Å². The largest absolute Gasteiger partial charge is 0.365 e. The summed E-state index contributed by atoms with van der Waals surface area (Å²) >= 11 is 2.73. The maximum atomic E-state index is 13.3. The fourth-order valence-electron chi connectivity index (χ4n) is 5.10. The highest BCUT2D eigenvalue weighted by atomic mass is 32.2. The van der Waals surface area contributed by atoms with Crippen LogP contribution >= 0.6 is 23.1 Å². The number of anilines is 1. The van der Waals surface area contributed by atoms with Crippen molar-refractivity contribution in [2.24, 2.45) is 11.7 Å². The number of para-hydroxylation sites is 1. The topological polar surface area (TPSA) is 107 Å². The first-order valence-electron chi connectivity index (χ1n) is 11.8. The SMILES string of the molecule is C[C@@H]1CCc2c(sc(NC(=O)CSc3nc4ccccc4c(=O)n3C3CCCC3)c2C(N)=O)C1. The van der Waals surface area contributed by atoms with Crippen molar-refractivity contribution in [3.63, 3.8) is 0 Å². The van der Waals surface area contributed by atoms with Gasteiger partial charge < -0.3 is 11.1 Å². The summed E-state index contributed by atoms with van der Waals surface area (Å²) in [6.45, 7) is 2.20. The number of nitrogens with two attached hydrogens (primary N) is 1. The van der Waals surface area contributed by atoms with Crippen LogP contribution < -0.4 is 16.6 Å². The van der Waals surface area contributed by atoms with Crippen molar-refractivity contribution in [3.8, 4) is 0 Å². The van der Waals surface area contributed by atoms with E-state index >= 15 is 0 Å². The molecule has 0 radical (unpaired) electrons. The van der Waals surface area contributed by atoms with Gasteiger partial charge in [0.25, 0.3) is 11.5 Å². The van der Waals surface area contributed by atoms with E-state index < -0.39 is 5.91 Å².